The SMILES string of the molecule is CCC(CC)CNCc1cccc(OC)n1. The molecule has 0 saturated heterocycles. The van der Waals surface area contributed by atoms with E-state index in [9.17, 15) is 0 Å². The zero-order valence-corrected chi connectivity index (χ0v) is 10.5. The minimum absolute atomic E-state index is 0.682. The van der Waals surface area contributed by atoms with Gasteiger partial charge in [-0.05, 0) is 18.5 Å². The molecule has 0 amide bonds. The quantitative estimate of drug-likeness (QED) is 0.770. The molecule has 90 valence electrons. The summed E-state index contributed by atoms with van der Waals surface area (Å²) in [7, 11) is 1.64. The molecule has 0 saturated carbocycles. The largest absolute Gasteiger partial charge is 0.481 e. The number of ether oxygens (including phenoxy) is 1. The first-order valence-electron chi connectivity index (χ1n) is 6.00. The summed E-state index contributed by atoms with van der Waals surface area (Å²) >= 11 is 0. The highest BCUT2D eigenvalue weighted by Crippen LogP contribution is 2.08. The number of aromatic nitrogens is 1. The van der Waals surface area contributed by atoms with Crippen molar-refractivity contribution in [2.45, 2.75) is 33.2 Å². The van der Waals surface area contributed by atoms with E-state index < -0.39 is 0 Å². The van der Waals surface area contributed by atoms with Crippen molar-refractivity contribution in [3.8, 4) is 5.88 Å². The van der Waals surface area contributed by atoms with Crippen LogP contribution in [0.1, 0.15) is 32.4 Å². The van der Waals surface area contributed by atoms with Gasteiger partial charge in [0.25, 0.3) is 0 Å². The van der Waals surface area contributed by atoms with Crippen molar-refractivity contribution in [3.05, 3.63) is 23.9 Å². The molecule has 0 radical (unpaired) electrons. The van der Waals surface area contributed by atoms with Gasteiger partial charge in [-0.3, -0.25) is 0 Å². The fourth-order valence-corrected chi connectivity index (χ4v) is 1.65. The van der Waals surface area contributed by atoms with Gasteiger partial charge in [-0.15, -0.1) is 0 Å². The van der Waals surface area contributed by atoms with Crippen LogP contribution < -0.4 is 10.1 Å². The number of hydrogen-bond acceptors (Lipinski definition) is 3. The zero-order chi connectivity index (χ0) is 11.8. The van der Waals surface area contributed by atoms with Gasteiger partial charge < -0.3 is 10.1 Å². The van der Waals surface area contributed by atoms with E-state index in [1.807, 2.05) is 18.2 Å². The van der Waals surface area contributed by atoms with Crippen molar-refractivity contribution in [3.63, 3.8) is 0 Å². The van der Waals surface area contributed by atoms with E-state index in [0.717, 1.165) is 24.7 Å². The van der Waals surface area contributed by atoms with Gasteiger partial charge in [0.2, 0.25) is 5.88 Å². The van der Waals surface area contributed by atoms with E-state index in [0.29, 0.717) is 5.88 Å². The minimum Gasteiger partial charge on any atom is -0.481 e. The van der Waals surface area contributed by atoms with E-state index in [-0.39, 0.29) is 0 Å². The molecule has 1 aromatic heterocycles. The lowest BCUT2D eigenvalue weighted by atomic mass is 10.0. The highest BCUT2D eigenvalue weighted by atomic mass is 16.5. The highest BCUT2D eigenvalue weighted by Gasteiger charge is 2.03. The van der Waals surface area contributed by atoms with Gasteiger partial charge in [-0.1, -0.05) is 32.8 Å². The Hall–Kier alpha value is -1.09. The summed E-state index contributed by atoms with van der Waals surface area (Å²) in [6.45, 7) is 6.35. The Bertz CT molecular complexity index is 298. The maximum Gasteiger partial charge on any atom is 0.213 e. The molecule has 0 atom stereocenters. The molecule has 0 aliphatic heterocycles. The molecule has 0 aliphatic carbocycles. The molecule has 0 fully saturated rings. The van der Waals surface area contributed by atoms with Crippen LogP contribution >= 0.6 is 0 Å². The minimum atomic E-state index is 0.682. The van der Waals surface area contributed by atoms with Crippen LogP contribution in [-0.4, -0.2) is 18.6 Å². The molecule has 0 unspecified atom stereocenters. The molecule has 16 heavy (non-hydrogen) atoms. The van der Waals surface area contributed by atoms with Crippen LogP contribution in [0.4, 0.5) is 0 Å². The first-order valence-corrected chi connectivity index (χ1v) is 6.00. The standard InChI is InChI=1S/C13H22N2O/c1-4-11(5-2)9-14-10-12-7-6-8-13(15-12)16-3/h6-8,11,14H,4-5,9-10H2,1-3H3. The lowest BCUT2D eigenvalue weighted by Gasteiger charge is -2.13. The van der Waals surface area contributed by atoms with Crippen LogP contribution in [0.15, 0.2) is 18.2 Å². The monoisotopic (exact) mass is 222 g/mol. The molecule has 3 nitrogen and oxygen atoms in total. The third-order valence-corrected chi connectivity index (χ3v) is 2.88. The molecule has 1 aromatic rings. The second-order valence-corrected chi connectivity index (χ2v) is 3.98. The summed E-state index contributed by atoms with van der Waals surface area (Å²) in [4.78, 5) is 4.36. The Morgan fingerprint density at radius 3 is 2.69 bits per heavy atom. The van der Waals surface area contributed by atoms with Gasteiger partial charge in [0.05, 0.1) is 12.8 Å². The zero-order valence-electron chi connectivity index (χ0n) is 10.5. The molecule has 1 N–H and O–H groups in total. The van der Waals surface area contributed by atoms with Crippen LogP contribution in [0.3, 0.4) is 0 Å². The Morgan fingerprint density at radius 1 is 1.31 bits per heavy atom. The predicted octanol–water partition coefficient (Wildman–Crippen LogP) is 2.62. The van der Waals surface area contributed by atoms with Gasteiger partial charge in [-0.2, -0.15) is 0 Å². The van der Waals surface area contributed by atoms with Crippen LogP contribution in [-0.2, 0) is 6.54 Å². The number of hydrogen-bond donors (Lipinski definition) is 1. The normalized spacial score (nSPS) is 10.8. The summed E-state index contributed by atoms with van der Waals surface area (Å²) in [5.41, 5.74) is 1.03. The molecule has 0 bridgehead atoms. The number of methoxy groups -OCH3 is 1. The highest BCUT2D eigenvalue weighted by molar-refractivity contribution is 5.15. The Balaban J connectivity index is 2.36. The predicted molar refractivity (Wildman–Crippen MR) is 66.6 cm³/mol. The van der Waals surface area contributed by atoms with Crippen molar-refractivity contribution < 1.29 is 4.74 Å². The van der Waals surface area contributed by atoms with E-state index in [1.54, 1.807) is 7.11 Å². The molecule has 1 heterocycles. The molecule has 1 rings (SSSR count). The lowest BCUT2D eigenvalue weighted by molar-refractivity contribution is 0.394. The van der Waals surface area contributed by atoms with E-state index in [2.05, 4.69) is 24.1 Å². The van der Waals surface area contributed by atoms with Gasteiger partial charge in [0.1, 0.15) is 0 Å². The number of nitrogens with one attached hydrogen (secondary N) is 1. The Morgan fingerprint density at radius 2 is 2.06 bits per heavy atom. The third kappa shape index (κ3) is 4.19. The Labute approximate surface area is 98.2 Å². The topological polar surface area (TPSA) is 34.1 Å². The van der Waals surface area contributed by atoms with Crippen molar-refractivity contribution in [1.29, 1.82) is 0 Å². The average Bonchev–Trinajstić information content (AvgIpc) is 2.35. The molecule has 3 heteroatoms. The third-order valence-electron chi connectivity index (χ3n) is 2.88. The summed E-state index contributed by atoms with van der Waals surface area (Å²) in [6, 6.07) is 5.85. The number of rotatable bonds is 7. The fraction of sp³-hybridized carbons (Fsp3) is 0.615. The molecular weight excluding hydrogens is 200 g/mol. The van der Waals surface area contributed by atoms with Crippen LogP contribution in [0, 0.1) is 5.92 Å². The van der Waals surface area contributed by atoms with Crippen molar-refractivity contribution in [2.24, 2.45) is 5.92 Å². The molecule has 0 spiro atoms. The van der Waals surface area contributed by atoms with Crippen molar-refractivity contribution >= 4 is 0 Å². The summed E-state index contributed by atoms with van der Waals surface area (Å²) in [5.74, 6) is 1.45. The van der Waals surface area contributed by atoms with Crippen molar-refractivity contribution in [1.82, 2.24) is 10.3 Å². The van der Waals surface area contributed by atoms with Gasteiger partial charge in [0, 0.05) is 12.6 Å². The van der Waals surface area contributed by atoms with Gasteiger partial charge in [0.15, 0.2) is 0 Å². The maximum absolute atomic E-state index is 5.09. The first-order chi connectivity index (χ1) is 7.80. The molecule has 0 aliphatic rings. The van der Waals surface area contributed by atoms with E-state index >= 15 is 0 Å². The first kappa shape index (κ1) is 13.0. The summed E-state index contributed by atoms with van der Waals surface area (Å²) < 4.78 is 5.09. The molecular formula is C13H22N2O. The van der Waals surface area contributed by atoms with E-state index in [1.165, 1.54) is 12.8 Å². The van der Waals surface area contributed by atoms with Gasteiger partial charge >= 0.3 is 0 Å². The summed E-state index contributed by atoms with van der Waals surface area (Å²) in [5, 5.41) is 3.44. The van der Waals surface area contributed by atoms with Crippen LogP contribution in [0.2, 0.25) is 0 Å². The second-order valence-electron chi connectivity index (χ2n) is 3.98. The van der Waals surface area contributed by atoms with Crippen LogP contribution in [0.25, 0.3) is 0 Å². The average molecular weight is 222 g/mol. The fourth-order valence-electron chi connectivity index (χ4n) is 1.65. The van der Waals surface area contributed by atoms with E-state index in [4.69, 9.17) is 4.74 Å². The van der Waals surface area contributed by atoms with Gasteiger partial charge in [-0.25, -0.2) is 4.98 Å². The number of nitrogens with zero attached hydrogens (tertiary/aromatic N) is 1. The smallest absolute Gasteiger partial charge is 0.213 e. The molecule has 0 aromatic carbocycles. The summed E-state index contributed by atoms with van der Waals surface area (Å²) in [6.07, 6.45) is 2.46. The van der Waals surface area contributed by atoms with Crippen molar-refractivity contribution in [2.75, 3.05) is 13.7 Å². The van der Waals surface area contributed by atoms with Crippen LogP contribution in [0.5, 0.6) is 5.88 Å². The second kappa shape index (κ2) is 7.23. The number of pyridine rings is 1. The Kier molecular flexibility index (Phi) is 5.86. The maximum atomic E-state index is 5.09. The lowest BCUT2D eigenvalue weighted by Crippen LogP contribution is -2.22.